The monoisotopic (exact) mass is 380 g/mol. The zero-order valence-corrected chi connectivity index (χ0v) is 13.5. The van der Waals surface area contributed by atoms with Crippen LogP contribution in [-0.2, 0) is 14.8 Å². The summed E-state index contributed by atoms with van der Waals surface area (Å²) in [7, 11) is -4.10. The van der Waals surface area contributed by atoms with Crippen molar-refractivity contribution in [2.45, 2.75) is 24.8 Å². The molecule has 21 heavy (non-hydrogen) atoms. The second kappa shape index (κ2) is 6.50. The fourth-order valence-corrected chi connectivity index (χ4v) is 3.55. The molecule has 0 spiro atoms. The van der Waals surface area contributed by atoms with Crippen molar-refractivity contribution in [3.05, 3.63) is 32.8 Å². The van der Waals surface area contributed by atoms with Gasteiger partial charge in [-0.3, -0.25) is 14.9 Å². The van der Waals surface area contributed by atoms with Crippen LogP contribution in [0.3, 0.4) is 0 Å². The van der Waals surface area contributed by atoms with E-state index in [2.05, 4.69) is 20.7 Å². The van der Waals surface area contributed by atoms with Gasteiger partial charge in [0.1, 0.15) is 6.04 Å². The largest absolute Gasteiger partial charge is 0.480 e. The average Bonchev–Trinajstić information content (AvgIpc) is 2.34. The predicted octanol–water partition coefficient (Wildman–Crippen LogP) is 1.74. The molecule has 0 radical (unpaired) electrons. The second-order valence-electron chi connectivity index (χ2n) is 4.55. The van der Waals surface area contributed by atoms with Gasteiger partial charge < -0.3 is 5.11 Å². The Hall–Kier alpha value is -1.52. The highest BCUT2D eigenvalue weighted by molar-refractivity contribution is 9.10. The van der Waals surface area contributed by atoms with Gasteiger partial charge in [-0.25, -0.2) is 8.42 Å². The number of nitro benzene ring substituents is 1. The number of aliphatic carboxylic acids is 1. The van der Waals surface area contributed by atoms with Crippen LogP contribution in [0.1, 0.15) is 13.8 Å². The Labute approximate surface area is 129 Å². The van der Waals surface area contributed by atoms with Crippen molar-refractivity contribution in [3.63, 3.8) is 0 Å². The molecule has 1 atom stereocenters. The molecule has 1 rings (SSSR count). The lowest BCUT2D eigenvalue weighted by Gasteiger charge is -2.18. The van der Waals surface area contributed by atoms with Crippen LogP contribution in [0, 0.1) is 16.0 Å². The first-order chi connectivity index (χ1) is 9.56. The summed E-state index contributed by atoms with van der Waals surface area (Å²) in [5, 5.41) is 19.7. The third-order valence-electron chi connectivity index (χ3n) is 2.64. The number of benzene rings is 1. The Balaban J connectivity index is 3.17. The van der Waals surface area contributed by atoms with E-state index in [9.17, 15) is 23.3 Å². The first-order valence-corrected chi connectivity index (χ1v) is 8.03. The van der Waals surface area contributed by atoms with Gasteiger partial charge in [0, 0.05) is 6.07 Å². The van der Waals surface area contributed by atoms with Crippen LogP contribution >= 0.6 is 15.9 Å². The molecular formula is C11H13BrN2O6S. The molecular weight excluding hydrogens is 368 g/mol. The number of carboxylic acids is 1. The van der Waals surface area contributed by atoms with E-state index in [1.165, 1.54) is 0 Å². The quantitative estimate of drug-likeness (QED) is 0.571. The topological polar surface area (TPSA) is 127 Å². The molecule has 0 saturated heterocycles. The first-order valence-electron chi connectivity index (χ1n) is 5.75. The van der Waals surface area contributed by atoms with Crippen molar-refractivity contribution in [2.75, 3.05) is 0 Å². The molecule has 0 aromatic heterocycles. The number of halogens is 1. The fourth-order valence-electron chi connectivity index (χ4n) is 1.51. The number of hydrogen-bond acceptors (Lipinski definition) is 5. The molecule has 0 heterocycles. The van der Waals surface area contributed by atoms with Crippen LogP contribution in [0.15, 0.2) is 27.6 Å². The minimum Gasteiger partial charge on any atom is -0.480 e. The maximum absolute atomic E-state index is 12.1. The summed E-state index contributed by atoms with van der Waals surface area (Å²) in [6.45, 7) is 3.13. The van der Waals surface area contributed by atoms with Crippen molar-refractivity contribution in [3.8, 4) is 0 Å². The fraction of sp³-hybridized carbons (Fsp3) is 0.364. The minimum absolute atomic E-state index is 0.00760. The zero-order valence-electron chi connectivity index (χ0n) is 11.1. The van der Waals surface area contributed by atoms with Gasteiger partial charge in [0.15, 0.2) is 0 Å². The highest BCUT2D eigenvalue weighted by Gasteiger charge is 2.28. The third kappa shape index (κ3) is 4.22. The highest BCUT2D eigenvalue weighted by atomic mass is 79.9. The minimum atomic E-state index is -4.10. The maximum Gasteiger partial charge on any atom is 0.322 e. The molecule has 0 amide bonds. The van der Waals surface area contributed by atoms with Gasteiger partial charge in [0.25, 0.3) is 5.69 Å². The van der Waals surface area contributed by atoms with Crippen LogP contribution < -0.4 is 4.72 Å². The van der Waals surface area contributed by atoms with Crippen molar-refractivity contribution in [1.82, 2.24) is 4.72 Å². The van der Waals surface area contributed by atoms with E-state index < -0.39 is 32.9 Å². The Morgan fingerprint density at radius 3 is 2.38 bits per heavy atom. The molecule has 1 aromatic rings. The van der Waals surface area contributed by atoms with Crippen molar-refractivity contribution >= 4 is 37.6 Å². The third-order valence-corrected chi connectivity index (χ3v) is 4.71. The van der Waals surface area contributed by atoms with E-state index in [0.717, 1.165) is 18.2 Å². The van der Waals surface area contributed by atoms with E-state index in [0.29, 0.717) is 0 Å². The lowest BCUT2D eigenvalue weighted by molar-refractivity contribution is -0.385. The standard InChI is InChI=1S/C11H13BrN2O6S/c1-6(2)10(11(15)16)13-21(19,20)7-3-4-9(14(17)18)8(12)5-7/h3-6,10,13H,1-2H3,(H,15,16)/t10-/m1/s1. The summed E-state index contributed by atoms with van der Waals surface area (Å²) >= 11 is 2.91. The lowest BCUT2D eigenvalue weighted by Crippen LogP contribution is -2.44. The highest BCUT2D eigenvalue weighted by Crippen LogP contribution is 2.27. The smallest absolute Gasteiger partial charge is 0.322 e. The summed E-state index contributed by atoms with van der Waals surface area (Å²) in [5.41, 5.74) is -0.285. The van der Waals surface area contributed by atoms with Gasteiger partial charge in [0.2, 0.25) is 10.0 Å². The Kier molecular flexibility index (Phi) is 5.42. The Bertz CT molecular complexity index is 673. The number of carbonyl (C=O) groups is 1. The first kappa shape index (κ1) is 17.5. The Morgan fingerprint density at radius 1 is 1.43 bits per heavy atom. The Morgan fingerprint density at radius 2 is 2.00 bits per heavy atom. The molecule has 116 valence electrons. The summed E-state index contributed by atoms with van der Waals surface area (Å²) in [5.74, 6) is -1.76. The van der Waals surface area contributed by atoms with E-state index in [4.69, 9.17) is 5.11 Å². The molecule has 1 aromatic carbocycles. The van der Waals surface area contributed by atoms with E-state index in [-0.39, 0.29) is 15.1 Å². The van der Waals surface area contributed by atoms with Crippen LogP contribution in [0.25, 0.3) is 0 Å². The zero-order chi connectivity index (χ0) is 16.4. The van der Waals surface area contributed by atoms with Crippen LogP contribution in [0.2, 0.25) is 0 Å². The molecule has 0 saturated carbocycles. The van der Waals surface area contributed by atoms with Crippen LogP contribution in [-0.4, -0.2) is 30.5 Å². The normalized spacial score (nSPS) is 13.1. The summed E-state index contributed by atoms with van der Waals surface area (Å²) in [6.07, 6.45) is 0. The molecule has 0 bridgehead atoms. The number of nitro groups is 1. The van der Waals surface area contributed by atoms with Gasteiger partial charge in [-0.1, -0.05) is 13.8 Å². The maximum atomic E-state index is 12.1. The van der Waals surface area contributed by atoms with Crippen LogP contribution in [0.4, 0.5) is 5.69 Å². The van der Waals surface area contributed by atoms with E-state index in [1.54, 1.807) is 13.8 Å². The SMILES string of the molecule is CC(C)[C@@H](NS(=O)(=O)c1ccc([N+](=O)[O-])c(Br)c1)C(=O)O. The van der Waals surface area contributed by atoms with Gasteiger partial charge in [-0.2, -0.15) is 4.72 Å². The second-order valence-corrected chi connectivity index (χ2v) is 7.12. The van der Waals surface area contributed by atoms with Crippen LogP contribution in [0.5, 0.6) is 0 Å². The van der Waals surface area contributed by atoms with Gasteiger partial charge in [0.05, 0.1) is 14.3 Å². The number of rotatable bonds is 6. The van der Waals surface area contributed by atoms with Gasteiger partial charge >= 0.3 is 5.97 Å². The average molecular weight is 381 g/mol. The number of hydrogen-bond donors (Lipinski definition) is 2. The molecule has 0 fully saturated rings. The molecule has 0 aliphatic carbocycles. The van der Waals surface area contributed by atoms with Crippen molar-refractivity contribution < 1.29 is 23.2 Å². The summed E-state index contributed by atoms with van der Waals surface area (Å²) in [6, 6.07) is 1.84. The van der Waals surface area contributed by atoms with Crippen molar-refractivity contribution in [2.24, 2.45) is 5.92 Å². The number of nitrogens with zero attached hydrogens (tertiary/aromatic N) is 1. The predicted molar refractivity (Wildman–Crippen MR) is 77.4 cm³/mol. The number of sulfonamides is 1. The molecule has 0 aliphatic rings. The van der Waals surface area contributed by atoms with Gasteiger partial charge in [-0.05, 0) is 34.0 Å². The summed E-state index contributed by atoms with van der Waals surface area (Å²) in [4.78, 5) is 20.8. The number of nitrogens with one attached hydrogen (secondary N) is 1. The molecule has 8 nitrogen and oxygen atoms in total. The molecule has 0 aliphatic heterocycles. The van der Waals surface area contributed by atoms with Crippen molar-refractivity contribution in [1.29, 1.82) is 0 Å². The molecule has 0 unspecified atom stereocenters. The molecule has 10 heteroatoms. The summed E-state index contributed by atoms with van der Waals surface area (Å²) < 4.78 is 26.3. The molecule has 2 N–H and O–H groups in total. The number of carboxylic acid groups (broad SMARTS) is 1. The van der Waals surface area contributed by atoms with E-state index in [1.807, 2.05) is 0 Å². The van der Waals surface area contributed by atoms with Gasteiger partial charge in [-0.15, -0.1) is 0 Å². The van der Waals surface area contributed by atoms with E-state index >= 15 is 0 Å². The lowest BCUT2D eigenvalue weighted by atomic mass is 10.1.